The van der Waals surface area contributed by atoms with Crippen LogP contribution in [0.15, 0.2) is 29.6 Å². The molecule has 158 valence electrons. The van der Waals surface area contributed by atoms with E-state index < -0.39 is 0 Å². The van der Waals surface area contributed by atoms with Crippen molar-refractivity contribution in [1.29, 1.82) is 0 Å². The fraction of sp³-hybridized carbons (Fsp3) is 0.545. The lowest BCUT2D eigenvalue weighted by molar-refractivity contribution is 0.00671. The highest BCUT2D eigenvalue weighted by molar-refractivity contribution is 7.13. The zero-order valence-electron chi connectivity index (χ0n) is 17.7. The first-order chi connectivity index (χ1) is 13.9. The van der Waals surface area contributed by atoms with Gasteiger partial charge in [-0.1, -0.05) is 13.8 Å². The van der Waals surface area contributed by atoms with Crippen molar-refractivity contribution in [3.05, 3.63) is 35.3 Å². The van der Waals surface area contributed by atoms with Crippen LogP contribution in [0.2, 0.25) is 0 Å². The van der Waals surface area contributed by atoms with Gasteiger partial charge in [0.2, 0.25) is 0 Å². The molecule has 2 heterocycles. The molecule has 1 saturated heterocycles. The maximum atomic E-state index is 12.6. The molecule has 1 aliphatic heterocycles. The molecule has 0 saturated carbocycles. The minimum atomic E-state index is -0.119. The normalized spacial score (nSPS) is 16.2. The van der Waals surface area contributed by atoms with Gasteiger partial charge in [0.15, 0.2) is 0 Å². The van der Waals surface area contributed by atoms with Crippen molar-refractivity contribution in [3.8, 4) is 16.3 Å². The first-order valence-electron chi connectivity index (χ1n) is 10.3. The molecule has 1 unspecified atom stereocenters. The van der Waals surface area contributed by atoms with Gasteiger partial charge in [-0.25, -0.2) is 4.98 Å². The van der Waals surface area contributed by atoms with Crippen LogP contribution in [0, 0.1) is 5.92 Å². The summed E-state index contributed by atoms with van der Waals surface area (Å²) in [4.78, 5) is 19.6. The van der Waals surface area contributed by atoms with Crippen molar-refractivity contribution >= 4 is 17.2 Å². The largest absolute Gasteiger partial charge is 0.491 e. The maximum absolute atomic E-state index is 12.6. The van der Waals surface area contributed by atoms with E-state index in [-0.39, 0.29) is 12.0 Å². The number of thiazole rings is 1. The third-order valence-electron chi connectivity index (χ3n) is 4.97. The van der Waals surface area contributed by atoms with Crippen LogP contribution in [0.5, 0.6) is 5.75 Å². The number of benzene rings is 1. The van der Waals surface area contributed by atoms with Gasteiger partial charge in [-0.2, -0.15) is 0 Å². The average Bonchev–Trinajstić information content (AvgIpc) is 3.19. The smallest absolute Gasteiger partial charge is 0.270 e. The van der Waals surface area contributed by atoms with E-state index in [2.05, 4.69) is 29.0 Å². The van der Waals surface area contributed by atoms with Gasteiger partial charge in [0, 0.05) is 36.6 Å². The van der Waals surface area contributed by atoms with E-state index in [1.165, 1.54) is 11.3 Å². The molecule has 1 N–H and O–H groups in total. The Kier molecular flexibility index (Phi) is 7.64. The number of carbonyl (C=O) groups excluding carboxylic acids is 1. The van der Waals surface area contributed by atoms with Crippen molar-refractivity contribution in [2.45, 2.75) is 39.8 Å². The average molecular weight is 418 g/mol. The number of rotatable bonds is 8. The number of nitrogens with zero attached hydrogens (tertiary/aromatic N) is 2. The molecule has 6 nitrogen and oxygen atoms in total. The first kappa shape index (κ1) is 21.7. The second kappa shape index (κ2) is 10.2. The van der Waals surface area contributed by atoms with E-state index in [9.17, 15) is 4.79 Å². The Bertz CT molecular complexity index is 783. The predicted molar refractivity (Wildman–Crippen MR) is 117 cm³/mol. The number of carbonyl (C=O) groups is 1. The lowest BCUT2D eigenvalue weighted by Crippen LogP contribution is -2.51. The number of morpholine rings is 1. The zero-order valence-corrected chi connectivity index (χ0v) is 18.5. The van der Waals surface area contributed by atoms with E-state index in [0.717, 1.165) is 42.6 Å². The molecule has 7 heteroatoms. The number of hydrogen-bond acceptors (Lipinski definition) is 6. The number of nitrogens with one attached hydrogen (secondary N) is 1. The third kappa shape index (κ3) is 6.01. The Hall–Kier alpha value is -1.96. The Morgan fingerprint density at radius 2 is 1.90 bits per heavy atom. The molecular formula is C22H31N3O3S. The van der Waals surface area contributed by atoms with Crippen molar-refractivity contribution in [3.63, 3.8) is 0 Å². The maximum Gasteiger partial charge on any atom is 0.270 e. The minimum absolute atomic E-state index is 0.119. The standard InChI is InChI=1S/C22H31N3O3S/c1-15(2)20(25-9-11-27-12-10-25)13-23-21(26)19-14-29-22(24-19)17-5-7-18(8-6-17)28-16(3)4/h5-8,14-16,20H,9-13H2,1-4H3,(H,23,26). The summed E-state index contributed by atoms with van der Waals surface area (Å²) in [6, 6.07) is 8.13. The van der Waals surface area contributed by atoms with E-state index in [1.54, 1.807) is 0 Å². The van der Waals surface area contributed by atoms with Crippen LogP contribution >= 0.6 is 11.3 Å². The fourth-order valence-corrected chi connectivity index (χ4v) is 4.25. The number of hydrogen-bond donors (Lipinski definition) is 1. The summed E-state index contributed by atoms with van der Waals surface area (Å²) >= 11 is 1.48. The summed E-state index contributed by atoms with van der Waals surface area (Å²) in [6.45, 7) is 12.4. The summed E-state index contributed by atoms with van der Waals surface area (Å²) < 4.78 is 11.1. The van der Waals surface area contributed by atoms with Gasteiger partial charge in [-0.15, -0.1) is 11.3 Å². The molecule has 2 aromatic rings. The quantitative estimate of drug-likeness (QED) is 0.710. The Morgan fingerprint density at radius 3 is 2.52 bits per heavy atom. The fourth-order valence-electron chi connectivity index (χ4n) is 3.44. The lowest BCUT2D eigenvalue weighted by atomic mass is 10.0. The molecule has 0 spiro atoms. The topological polar surface area (TPSA) is 63.7 Å². The van der Waals surface area contributed by atoms with Crippen LogP contribution in [-0.2, 0) is 4.74 Å². The van der Waals surface area contributed by atoms with Gasteiger partial charge in [0.25, 0.3) is 5.91 Å². The lowest BCUT2D eigenvalue weighted by Gasteiger charge is -2.36. The van der Waals surface area contributed by atoms with Crippen molar-refractivity contribution in [2.24, 2.45) is 5.92 Å². The van der Waals surface area contributed by atoms with Crippen LogP contribution < -0.4 is 10.1 Å². The van der Waals surface area contributed by atoms with Crippen molar-refractivity contribution in [1.82, 2.24) is 15.2 Å². The van der Waals surface area contributed by atoms with Crippen molar-refractivity contribution in [2.75, 3.05) is 32.8 Å². The Labute approximate surface area is 177 Å². The van der Waals surface area contributed by atoms with E-state index in [1.807, 2.05) is 43.5 Å². The van der Waals surface area contributed by atoms with Crippen molar-refractivity contribution < 1.29 is 14.3 Å². The van der Waals surface area contributed by atoms with E-state index in [4.69, 9.17) is 9.47 Å². The van der Waals surface area contributed by atoms with Gasteiger partial charge in [0.05, 0.1) is 19.3 Å². The third-order valence-corrected chi connectivity index (χ3v) is 5.86. The van der Waals surface area contributed by atoms with Gasteiger partial charge >= 0.3 is 0 Å². The molecule has 3 rings (SSSR count). The second-order valence-electron chi connectivity index (χ2n) is 7.90. The SMILES string of the molecule is CC(C)Oc1ccc(-c2nc(C(=O)NCC(C(C)C)N3CCOCC3)cs2)cc1. The summed E-state index contributed by atoms with van der Waals surface area (Å²) in [5.74, 6) is 1.17. The molecule has 1 fully saturated rings. The molecule has 0 aliphatic carbocycles. The molecule has 1 amide bonds. The number of aromatic nitrogens is 1. The van der Waals surface area contributed by atoms with Crippen LogP contribution in [-0.4, -0.2) is 60.8 Å². The Morgan fingerprint density at radius 1 is 1.21 bits per heavy atom. The molecule has 1 aromatic heterocycles. The zero-order chi connectivity index (χ0) is 20.8. The Balaban J connectivity index is 1.59. The van der Waals surface area contributed by atoms with Gasteiger partial charge in [-0.05, 0) is 44.0 Å². The molecule has 0 radical (unpaired) electrons. The molecule has 1 aromatic carbocycles. The van der Waals surface area contributed by atoms with Gasteiger partial charge < -0.3 is 14.8 Å². The number of ether oxygens (including phenoxy) is 2. The first-order valence-corrected chi connectivity index (χ1v) is 11.1. The highest BCUT2D eigenvalue weighted by atomic mass is 32.1. The van der Waals surface area contributed by atoms with E-state index in [0.29, 0.717) is 24.2 Å². The van der Waals surface area contributed by atoms with Crippen LogP contribution in [0.25, 0.3) is 10.6 Å². The predicted octanol–water partition coefficient (Wildman–Crippen LogP) is 3.68. The molecular weight excluding hydrogens is 386 g/mol. The van der Waals surface area contributed by atoms with Crippen LogP contribution in [0.3, 0.4) is 0 Å². The molecule has 1 atom stereocenters. The highest BCUT2D eigenvalue weighted by Crippen LogP contribution is 2.26. The summed E-state index contributed by atoms with van der Waals surface area (Å²) in [5.41, 5.74) is 1.45. The van der Waals surface area contributed by atoms with Gasteiger partial charge in [0.1, 0.15) is 16.5 Å². The van der Waals surface area contributed by atoms with E-state index >= 15 is 0 Å². The monoisotopic (exact) mass is 417 g/mol. The number of amides is 1. The molecule has 29 heavy (non-hydrogen) atoms. The second-order valence-corrected chi connectivity index (χ2v) is 8.76. The van der Waals surface area contributed by atoms with Gasteiger partial charge in [-0.3, -0.25) is 9.69 Å². The van der Waals surface area contributed by atoms with Crippen LogP contribution in [0.4, 0.5) is 0 Å². The molecule has 0 bridgehead atoms. The minimum Gasteiger partial charge on any atom is -0.491 e. The summed E-state index contributed by atoms with van der Waals surface area (Å²) in [6.07, 6.45) is 0.142. The molecule has 1 aliphatic rings. The summed E-state index contributed by atoms with van der Waals surface area (Å²) in [5, 5.41) is 5.73. The van der Waals surface area contributed by atoms with Crippen LogP contribution in [0.1, 0.15) is 38.2 Å². The highest BCUT2D eigenvalue weighted by Gasteiger charge is 2.24. The summed E-state index contributed by atoms with van der Waals surface area (Å²) in [7, 11) is 0.